The Labute approximate surface area is 476 Å². The molecular formula is C79H51N3. The van der Waals surface area contributed by atoms with Crippen LogP contribution < -0.4 is 4.90 Å². The minimum Gasteiger partial charge on any atom is -0.310 e. The summed E-state index contributed by atoms with van der Waals surface area (Å²) in [6, 6.07) is 115. The molecule has 1 spiro atoms. The standard InChI is InChI=1S/C79H51N3/c1-3-19-52(20-4-1)53-37-39-55(40-38-53)62-25-8-13-33-73(62)80(60-45-41-54(42-46-60)57-44-48-76-68(50-57)66-28-10-14-34-74(66)81(76)59-22-5-2-6-23-59)61-24-17-21-56(49-61)58-43-47-64-63-26-7-11-30-69(63)79(72(64)51-58)70-31-12-16-36-77(70)82-75-35-15-9-27-65(75)67-29-18-32-71(79)78(67)82/h1-51H. The molecule has 82 heavy (non-hydrogen) atoms. The number of nitrogens with zero attached hydrogens (tertiary/aromatic N) is 3. The van der Waals surface area contributed by atoms with E-state index in [4.69, 9.17) is 0 Å². The summed E-state index contributed by atoms with van der Waals surface area (Å²) in [5, 5.41) is 5.04. The summed E-state index contributed by atoms with van der Waals surface area (Å²) in [4.78, 5) is 2.45. The second-order valence-corrected chi connectivity index (χ2v) is 21.9. The van der Waals surface area contributed by atoms with Gasteiger partial charge in [-0.2, -0.15) is 0 Å². The average molecular weight is 1040 g/mol. The molecule has 2 aliphatic rings. The quantitative estimate of drug-likeness (QED) is 0.148. The first-order valence-corrected chi connectivity index (χ1v) is 28.4. The van der Waals surface area contributed by atoms with Crippen molar-refractivity contribution in [2.45, 2.75) is 5.41 Å². The van der Waals surface area contributed by atoms with E-state index in [9.17, 15) is 0 Å². The molecule has 3 heterocycles. The highest BCUT2D eigenvalue weighted by atomic mass is 15.1. The van der Waals surface area contributed by atoms with E-state index < -0.39 is 5.41 Å². The molecule has 13 aromatic carbocycles. The first-order valence-electron chi connectivity index (χ1n) is 28.4. The maximum absolute atomic E-state index is 2.52. The molecule has 1 aliphatic carbocycles. The lowest BCUT2D eigenvalue weighted by atomic mass is 9.65. The molecule has 0 saturated carbocycles. The molecule has 1 aliphatic heterocycles. The van der Waals surface area contributed by atoms with Crippen molar-refractivity contribution in [3.63, 3.8) is 0 Å². The lowest BCUT2D eigenvalue weighted by Crippen LogP contribution is -2.33. The normalized spacial score (nSPS) is 13.9. The van der Waals surface area contributed by atoms with Gasteiger partial charge in [0.2, 0.25) is 0 Å². The SMILES string of the molecule is c1ccc(-c2ccc(-c3ccccc3N(c3ccc(-c4ccc5c(c4)c4ccccc4n5-c4ccccc4)cc3)c3cccc(-c4ccc5c(c4)C4(c6ccccc6-5)c5ccccc5-n5c6ccccc6c6cccc4c65)c3)cc2)cc1. The Hall–Kier alpha value is -10.7. The minimum atomic E-state index is -0.549. The summed E-state index contributed by atoms with van der Waals surface area (Å²) in [6.07, 6.45) is 0. The second kappa shape index (κ2) is 18.2. The zero-order chi connectivity index (χ0) is 53.9. The largest absolute Gasteiger partial charge is 0.310 e. The number of hydrogen-bond acceptors (Lipinski definition) is 1. The molecule has 0 N–H and O–H groups in total. The highest BCUT2D eigenvalue weighted by Gasteiger charge is 2.51. The van der Waals surface area contributed by atoms with Crippen LogP contribution in [0.5, 0.6) is 0 Å². The van der Waals surface area contributed by atoms with Gasteiger partial charge in [0.1, 0.15) is 0 Å². The topological polar surface area (TPSA) is 13.1 Å². The second-order valence-electron chi connectivity index (χ2n) is 21.9. The van der Waals surface area contributed by atoms with Crippen LogP contribution in [0.2, 0.25) is 0 Å². The zero-order valence-electron chi connectivity index (χ0n) is 44.8. The molecule has 1 unspecified atom stereocenters. The Balaban J connectivity index is 0.823. The Morgan fingerprint density at radius 3 is 1.59 bits per heavy atom. The summed E-state index contributed by atoms with van der Waals surface area (Å²) in [7, 11) is 0. The van der Waals surface area contributed by atoms with Gasteiger partial charge in [-0.15, -0.1) is 0 Å². The van der Waals surface area contributed by atoms with Crippen molar-refractivity contribution in [3.8, 4) is 67.0 Å². The van der Waals surface area contributed by atoms with Crippen LogP contribution in [0.25, 0.3) is 111 Å². The van der Waals surface area contributed by atoms with Crippen molar-refractivity contribution in [3.05, 3.63) is 332 Å². The smallest absolute Gasteiger partial charge is 0.0754 e. The van der Waals surface area contributed by atoms with E-state index in [2.05, 4.69) is 323 Å². The molecule has 0 radical (unpaired) electrons. The van der Waals surface area contributed by atoms with Crippen LogP contribution in [0, 0.1) is 0 Å². The predicted octanol–water partition coefficient (Wildman–Crippen LogP) is 20.7. The Morgan fingerprint density at radius 1 is 0.256 bits per heavy atom. The van der Waals surface area contributed by atoms with Crippen LogP contribution >= 0.6 is 0 Å². The van der Waals surface area contributed by atoms with Crippen LogP contribution in [-0.4, -0.2) is 9.13 Å². The summed E-state index contributed by atoms with van der Waals surface area (Å²) in [5.74, 6) is 0. The highest BCUT2D eigenvalue weighted by Crippen LogP contribution is 2.61. The Bertz CT molecular complexity index is 5030. The van der Waals surface area contributed by atoms with E-state index in [1.54, 1.807) is 0 Å². The van der Waals surface area contributed by atoms with Crippen molar-refractivity contribution < 1.29 is 0 Å². The van der Waals surface area contributed by atoms with Crippen LogP contribution in [0.1, 0.15) is 22.3 Å². The van der Waals surface area contributed by atoms with Crippen LogP contribution in [0.3, 0.4) is 0 Å². The maximum Gasteiger partial charge on any atom is 0.0754 e. The number of rotatable bonds is 8. The van der Waals surface area contributed by atoms with Crippen LogP contribution in [0.4, 0.5) is 17.1 Å². The van der Waals surface area contributed by atoms with Crippen LogP contribution in [-0.2, 0) is 5.41 Å². The van der Waals surface area contributed by atoms with Crippen molar-refractivity contribution in [1.82, 2.24) is 9.13 Å². The van der Waals surface area contributed by atoms with Gasteiger partial charge in [0, 0.05) is 44.2 Å². The average Bonchev–Trinajstić information content (AvgIpc) is 1.93. The minimum absolute atomic E-state index is 0.549. The van der Waals surface area contributed by atoms with Crippen LogP contribution in [0.15, 0.2) is 309 Å². The van der Waals surface area contributed by atoms with E-state index >= 15 is 0 Å². The highest BCUT2D eigenvalue weighted by molar-refractivity contribution is 6.13. The third-order valence-electron chi connectivity index (χ3n) is 17.7. The van der Waals surface area contributed by atoms with E-state index in [-0.39, 0.29) is 0 Å². The lowest BCUT2D eigenvalue weighted by molar-refractivity contribution is 0.749. The van der Waals surface area contributed by atoms with Gasteiger partial charge >= 0.3 is 0 Å². The number of para-hydroxylation sites is 6. The number of anilines is 3. The molecule has 382 valence electrons. The van der Waals surface area contributed by atoms with Crippen molar-refractivity contribution in [2.75, 3.05) is 4.90 Å². The molecule has 3 nitrogen and oxygen atoms in total. The molecule has 1 atom stereocenters. The third-order valence-corrected chi connectivity index (χ3v) is 17.7. The molecule has 15 aromatic rings. The Morgan fingerprint density at radius 2 is 0.768 bits per heavy atom. The van der Waals surface area contributed by atoms with Gasteiger partial charge in [0.25, 0.3) is 0 Å². The van der Waals surface area contributed by atoms with Crippen molar-refractivity contribution in [1.29, 1.82) is 0 Å². The Kier molecular flexibility index (Phi) is 10.2. The fraction of sp³-hybridized carbons (Fsp3) is 0.0127. The van der Waals surface area contributed by atoms with Gasteiger partial charge in [0.05, 0.1) is 38.9 Å². The van der Waals surface area contributed by atoms with E-state index in [1.165, 1.54) is 105 Å². The molecule has 0 bridgehead atoms. The summed E-state index contributed by atoms with van der Waals surface area (Å²) in [5.41, 5.74) is 27.2. The summed E-state index contributed by atoms with van der Waals surface area (Å²) in [6.45, 7) is 0. The summed E-state index contributed by atoms with van der Waals surface area (Å²) >= 11 is 0. The first kappa shape index (κ1) is 46.2. The number of aromatic nitrogens is 2. The van der Waals surface area contributed by atoms with Gasteiger partial charge in [-0.1, -0.05) is 231 Å². The molecule has 17 rings (SSSR count). The lowest BCUT2D eigenvalue weighted by Gasteiger charge is -2.39. The number of benzene rings is 13. The predicted molar refractivity (Wildman–Crippen MR) is 342 cm³/mol. The van der Waals surface area contributed by atoms with Gasteiger partial charge in [-0.05, 0) is 151 Å². The molecule has 3 heteroatoms. The molecule has 0 amide bonds. The molecule has 2 aromatic heterocycles. The maximum atomic E-state index is 2.52. The number of fused-ring (bicyclic) bond motifs is 15. The monoisotopic (exact) mass is 1040 g/mol. The molecule has 0 saturated heterocycles. The van der Waals surface area contributed by atoms with Crippen molar-refractivity contribution >= 4 is 60.7 Å². The van der Waals surface area contributed by atoms with Gasteiger partial charge in [0.15, 0.2) is 0 Å². The fourth-order valence-corrected chi connectivity index (χ4v) is 14.2. The molecular weight excluding hydrogens is 991 g/mol. The zero-order valence-corrected chi connectivity index (χ0v) is 44.8. The number of hydrogen-bond donors (Lipinski definition) is 0. The van der Waals surface area contributed by atoms with E-state index in [1.807, 2.05) is 0 Å². The van der Waals surface area contributed by atoms with Gasteiger partial charge in [-0.25, -0.2) is 0 Å². The van der Waals surface area contributed by atoms with Gasteiger partial charge in [-0.3, -0.25) is 0 Å². The van der Waals surface area contributed by atoms with E-state index in [0.29, 0.717) is 0 Å². The first-order chi connectivity index (χ1) is 40.7. The van der Waals surface area contributed by atoms with Gasteiger partial charge < -0.3 is 14.0 Å². The van der Waals surface area contributed by atoms with Crippen molar-refractivity contribution in [2.24, 2.45) is 0 Å². The third kappa shape index (κ3) is 6.77. The fourth-order valence-electron chi connectivity index (χ4n) is 14.2. The van der Waals surface area contributed by atoms with E-state index in [0.717, 1.165) is 45.0 Å². The molecule has 0 fully saturated rings. The summed E-state index contributed by atoms with van der Waals surface area (Å²) < 4.78 is 4.90.